The van der Waals surface area contributed by atoms with Crippen LogP contribution in [0.1, 0.15) is 24.4 Å². The fraction of sp³-hybridized carbons (Fsp3) is 0.500. The molecule has 1 aliphatic rings. The number of halogens is 3. The van der Waals surface area contributed by atoms with E-state index in [4.69, 9.17) is 4.74 Å². The molecule has 1 aromatic rings. The molecule has 2 N–H and O–H groups in total. The van der Waals surface area contributed by atoms with Crippen LogP contribution in [0.5, 0.6) is 5.75 Å². The van der Waals surface area contributed by atoms with E-state index in [-0.39, 0.29) is 5.56 Å². The first-order valence-electron chi connectivity index (χ1n) is 6.65. The summed E-state index contributed by atoms with van der Waals surface area (Å²) >= 11 is 0. The molecular weight excluding hydrogens is 285 g/mol. The summed E-state index contributed by atoms with van der Waals surface area (Å²) in [6.07, 6.45) is -2.53. The van der Waals surface area contributed by atoms with Gasteiger partial charge in [-0.1, -0.05) is 12.1 Å². The highest BCUT2D eigenvalue weighted by atomic mass is 19.4. The first-order valence-corrected chi connectivity index (χ1v) is 6.65. The van der Waals surface area contributed by atoms with Gasteiger partial charge in [0.2, 0.25) is 0 Å². The summed E-state index contributed by atoms with van der Waals surface area (Å²) < 4.78 is 44.2. The quantitative estimate of drug-likeness (QED) is 0.878. The molecule has 116 valence electrons. The molecule has 4 nitrogen and oxygen atoms in total. The molecule has 0 aromatic heterocycles. The molecule has 21 heavy (non-hydrogen) atoms. The highest BCUT2D eigenvalue weighted by molar-refractivity contribution is 5.74. The number of nitrogens with one attached hydrogen (secondary N) is 2. The van der Waals surface area contributed by atoms with Crippen LogP contribution in [-0.4, -0.2) is 25.9 Å². The second kappa shape index (κ2) is 6.24. The van der Waals surface area contributed by atoms with Gasteiger partial charge in [-0.2, -0.15) is 13.2 Å². The number of rotatable bonds is 5. The maximum absolute atomic E-state index is 13.1. The Morgan fingerprint density at radius 1 is 1.33 bits per heavy atom. The van der Waals surface area contributed by atoms with Gasteiger partial charge in [-0.3, -0.25) is 0 Å². The molecule has 0 unspecified atom stereocenters. The van der Waals surface area contributed by atoms with Crippen LogP contribution in [0.4, 0.5) is 18.0 Å². The van der Waals surface area contributed by atoms with Crippen molar-refractivity contribution in [1.29, 1.82) is 0 Å². The van der Waals surface area contributed by atoms with Crippen molar-refractivity contribution in [3.05, 3.63) is 29.8 Å². The monoisotopic (exact) mass is 302 g/mol. The number of ether oxygens (including phenoxy) is 1. The zero-order chi connectivity index (χ0) is 15.5. The number of methoxy groups -OCH3 is 1. The third-order valence-electron chi connectivity index (χ3n) is 3.30. The Kier molecular flexibility index (Phi) is 4.59. The molecule has 1 saturated carbocycles. The Balaban J connectivity index is 2.03. The first kappa shape index (κ1) is 15.5. The van der Waals surface area contributed by atoms with Gasteiger partial charge < -0.3 is 15.4 Å². The molecule has 1 fully saturated rings. The predicted octanol–water partition coefficient (Wildman–Crippen LogP) is 3.01. The minimum atomic E-state index is -4.56. The molecule has 1 aliphatic carbocycles. The molecule has 7 heteroatoms. The van der Waals surface area contributed by atoms with E-state index in [0.717, 1.165) is 12.8 Å². The van der Waals surface area contributed by atoms with E-state index in [1.54, 1.807) is 0 Å². The number of hydrogen-bond acceptors (Lipinski definition) is 2. The van der Waals surface area contributed by atoms with Crippen LogP contribution in [0.25, 0.3) is 0 Å². The third-order valence-corrected chi connectivity index (χ3v) is 3.30. The minimum absolute atomic E-state index is 0.0372. The maximum Gasteiger partial charge on any atom is 0.412 e. The lowest BCUT2D eigenvalue weighted by Crippen LogP contribution is -2.44. The van der Waals surface area contributed by atoms with Crippen LogP contribution >= 0.6 is 0 Å². The van der Waals surface area contributed by atoms with Gasteiger partial charge >= 0.3 is 12.2 Å². The summed E-state index contributed by atoms with van der Waals surface area (Å²) in [5, 5.41) is 4.44. The highest BCUT2D eigenvalue weighted by Gasteiger charge is 2.42. The lowest BCUT2D eigenvalue weighted by molar-refractivity contribution is -0.154. The Morgan fingerprint density at radius 2 is 1.95 bits per heavy atom. The van der Waals surface area contributed by atoms with Gasteiger partial charge in [0.15, 0.2) is 6.04 Å². The topological polar surface area (TPSA) is 50.4 Å². The lowest BCUT2D eigenvalue weighted by Gasteiger charge is -2.22. The van der Waals surface area contributed by atoms with E-state index < -0.39 is 18.2 Å². The summed E-state index contributed by atoms with van der Waals surface area (Å²) in [7, 11) is 1.43. The van der Waals surface area contributed by atoms with Crippen molar-refractivity contribution < 1.29 is 22.7 Å². The average molecular weight is 302 g/mol. The number of amides is 2. The van der Waals surface area contributed by atoms with Gasteiger partial charge in [0.05, 0.1) is 7.11 Å². The van der Waals surface area contributed by atoms with Crippen LogP contribution in [0.15, 0.2) is 24.3 Å². The molecule has 0 spiro atoms. The molecule has 0 aliphatic heterocycles. The Labute approximate surface area is 120 Å². The van der Waals surface area contributed by atoms with Crippen LogP contribution in [0, 0.1) is 5.92 Å². The standard InChI is InChI=1S/C14H17F3N2O2/c1-21-11-6-4-10(5-7-11)12(14(15,16)17)19-13(20)18-8-9-2-3-9/h4-7,9,12H,2-3,8H2,1H3,(H2,18,19,20)/t12-/m0/s1. The van der Waals surface area contributed by atoms with E-state index in [1.807, 2.05) is 5.32 Å². The van der Waals surface area contributed by atoms with Crippen LogP contribution < -0.4 is 15.4 Å². The van der Waals surface area contributed by atoms with Gasteiger partial charge in [-0.05, 0) is 36.5 Å². The predicted molar refractivity (Wildman–Crippen MR) is 71.0 cm³/mol. The largest absolute Gasteiger partial charge is 0.497 e. The van der Waals surface area contributed by atoms with Crippen LogP contribution in [0.2, 0.25) is 0 Å². The van der Waals surface area contributed by atoms with E-state index >= 15 is 0 Å². The van der Waals surface area contributed by atoms with Gasteiger partial charge in [0.25, 0.3) is 0 Å². The molecule has 1 aromatic carbocycles. The van der Waals surface area contributed by atoms with Gasteiger partial charge in [-0.15, -0.1) is 0 Å². The Bertz CT molecular complexity index is 484. The molecule has 0 bridgehead atoms. The van der Waals surface area contributed by atoms with Gasteiger partial charge in [0.1, 0.15) is 5.75 Å². The average Bonchev–Trinajstić information content (AvgIpc) is 3.26. The zero-order valence-electron chi connectivity index (χ0n) is 11.5. The van der Waals surface area contributed by atoms with E-state index in [0.29, 0.717) is 18.2 Å². The Hall–Kier alpha value is -1.92. The number of urea groups is 1. The molecule has 2 amide bonds. The molecule has 1 atom stereocenters. The second-order valence-electron chi connectivity index (χ2n) is 5.05. The van der Waals surface area contributed by atoms with Crippen molar-refractivity contribution >= 4 is 6.03 Å². The maximum atomic E-state index is 13.1. The van der Waals surface area contributed by atoms with Gasteiger partial charge in [-0.25, -0.2) is 4.79 Å². The fourth-order valence-corrected chi connectivity index (χ4v) is 1.89. The Morgan fingerprint density at radius 3 is 2.43 bits per heavy atom. The summed E-state index contributed by atoms with van der Waals surface area (Å²) in [6, 6.07) is 2.59. The molecular formula is C14H17F3N2O2. The van der Waals surface area contributed by atoms with E-state index in [1.165, 1.54) is 31.4 Å². The normalized spacial score (nSPS) is 16.2. The second-order valence-corrected chi connectivity index (χ2v) is 5.05. The number of alkyl halides is 3. The highest BCUT2D eigenvalue weighted by Crippen LogP contribution is 2.33. The molecule has 0 saturated heterocycles. The van der Waals surface area contributed by atoms with Crippen molar-refractivity contribution in [2.24, 2.45) is 5.92 Å². The van der Waals surface area contributed by atoms with Crippen molar-refractivity contribution in [3.63, 3.8) is 0 Å². The van der Waals surface area contributed by atoms with Crippen molar-refractivity contribution in [2.75, 3.05) is 13.7 Å². The zero-order valence-corrected chi connectivity index (χ0v) is 11.5. The smallest absolute Gasteiger partial charge is 0.412 e. The molecule has 0 heterocycles. The van der Waals surface area contributed by atoms with Crippen LogP contribution in [0.3, 0.4) is 0 Å². The first-order chi connectivity index (χ1) is 9.90. The SMILES string of the molecule is COc1ccc([C@H](NC(=O)NCC2CC2)C(F)(F)F)cc1. The van der Waals surface area contributed by atoms with Gasteiger partial charge in [0, 0.05) is 6.54 Å². The number of benzene rings is 1. The number of hydrogen-bond donors (Lipinski definition) is 2. The van der Waals surface area contributed by atoms with Crippen molar-refractivity contribution in [3.8, 4) is 5.75 Å². The third kappa shape index (κ3) is 4.54. The lowest BCUT2D eigenvalue weighted by atomic mass is 10.1. The molecule has 2 rings (SSSR count). The van der Waals surface area contributed by atoms with Crippen molar-refractivity contribution in [1.82, 2.24) is 10.6 Å². The summed E-state index contributed by atoms with van der Waals surface area (Å²) in [6.45, 7) is 0.416. The fourth-order valence-electron chi connectivity index (χ4n) is 1.89. The summed E-state index contributed by atoms with van der Waals surface area (Å²) in [4.78, 5) is 11.6. The van der Waals surface area contributed by atoms with E-state index in [2.05, 4.69) is 5.32 Å². The molecule has 0 radical (unpaired) electrons. The number of carbonyl (C=O) groups excluding carboxylic acids is 1. The minimum Gasteiger partial charge on any atom is -0.497 e. The van der Waals surface area contributed by atoms with Crippen molar-refractivity contribution in [2.45, 2.75) is 25.1 Å². The summed E-state index contributed by atoms with van der Waals surface area (Å²) in [5.74, 6) is 0.860. The summed E-state index contributed by atoms with van der Waals surface area (Å²) in [5.41, 5.74) is -0.0372. The van der Waals surface area contributed by atoms with E-state index in [9.17, 15) is 18.0 Å². The van der Waals surface area contributed by atoms with Crippen LogP contribution in [-0.2, 0) is 0 Å². The number of carbonyl (C=O) groups is 1.